The highest BCUT2D eigenvalue weighted by molar-refractivity contribution is 9.10. The van der Waals surface area contributed by atoms with Gasteiger partial charge < -0.3 is 5.32 Å². The second kappa shape index (κ2) is 7.42. The summed E-state index contributed by atoms with van der Waals surface area (Å²) in [5, 5.41) is 3.30. The average Bonchev–Trinajstić information content (AvgIpc) is 2.81. The van der Waals surface area contributed by atoms with Crippen LogP contribution in [0.5, 0.6) is 0 Å². The van der Waals surface area contributed by atoms with Crippen molar-refractivity contribution in [1.82, 2.24) is 9.62 Å². The summed E-state index contributed by atoms with van der Waals surface area (Å²) in [6.45, 7) is 1.21. The van der Waals surface area contributed by atoms with Crippen molar-refractivity contribution >= 4 is 50.0 Å². The van der Waals surface area contributed by atoms with Crippen LogP contribution in [0.25, 0.3) is 0 Å². The molecule has 1 fully saturated rings. The van der Waals surface area contributed by atoms with Gasteiger partial charge in [0.25, 0.3) is 0 Å². The van der Waals surface area contributed by atoms with Crippen molar-refractivity contribution < 1.29 is 8.42 Å². The van der Waals surface area contributed by atoms with Crippen molar-refractivity contribution in [2.24, 2.45) is 0 Å². The Labute approximate surface area is 139 Å². The number of benzene rings is 1. The second-order valence-electron chi connectivity index (χ2n) is 4.54. The summed E-state index contributed by atoms with van der Waals surface area (Å²) >= 11 is 9.33. The van der Waals surface area contributed by atoms with E-state index in [-0.39, 0.29) is 28.4 Å². The van der Waals surface area contributed by atoms with Crippen LogP contribution in [-0.4, -0.2) is 38.9 Å². The second-order valence-corrected chi connectivity index (χ2v) is 7.73. The maximum Gasteiger partial charge on any atom is 0.244 e. The molecule has 0 radical (unpaired) electrons. The zero-order valence-corrected chi connectivity index (χ0v) is 14.9. The fourth-order valence-electron chi connectivity index (χ4n) is 2.37. The summed E-state index contributed by atoms with van der Waals surface area (Å²) in [6.07, 6.45) is 1.77. The van der Waals surface area contributed by atoms with Gasteiger partial charge in [0.1, 0.15) is 4.90 Å². The predicted octanol–water partition coefficient (Wildman–Crippen LogP) is 2.90. The molecule has 114 valence electrons. The third-order valence-corrected chi connectivity index (χ3v) is 6.17. The highest BCUT2D eigenvalue weighted by Gasteiger charge is 2.35. The number of nitrogens with one attached hydrogen (secondary N) is 1. The van der Waals surface area contributed by atoms with E-state index in [9.17, 15) is 8.42 Å². The van der Waals surface area contributed by atoms with Crippen molar-refractivity contribution in [2.75, 3.05) is 20.1 Å². The van der Waals surface area contributed by atoms with Crippen LogP contribution >= 0.6 is 39.9 Å². The van der Waals surface area contributed by atoms with Crippen LogP contribution in [0.2, 0.25) is 5.02 Å². The van der Waals surface area contributed by atoms with Crippen molar-refractivity contribution in [3.63, 3.8) is 0 Å². The van der Waals surface area contributed by atoms with Gasteiger partial charge in [-0.15, -0.1) is 12.4 Å². The Hall–Kier alpha value is 0.150. The average molecular weight is 404 g/mol. The van der Waals surface area contributed by atoms with Crippen molar-refractivity contribution in [1.29, 1.82) is 0 Å². The lowest BCUT2D eigenvalue weighted by Gasteiger charge is -2.24. The van der Waals surface area contributed by atoms with Crippen LogP contribution in [0.15, 0.2) is 27.6 Å². The molecule has 1 aliphatic rings. The van der Waals surface area contributed by atoms with Gasteiger partial charge in [-0.05, 0) is 38.1 Å². The van der Waals surface area contributed by atoms with Gasteiger partial charge >= 0.3 is 0 Å². The van der Waals surface area contributed by atoms with Gasteiger partial charge in [0.05, 0.1) is 5.02 Å². The standard InChI is InChI=1S/C12H16BrClN2O2S.ClH/c1-15-8-10-3-2-6-16(10)19(17,18)12-7-9(13)4-5-11(12)14;/h4-5,7,10,15H,2-3,6,8H2,1H3;1H. The Balaban J connectivity index is 0.00000200. The molecule has 20 heavy (non-hydrogen) atoms. The molecule has 1 saturated heterocycles. The Morgan fingerprint density at radius 3 is 2.85 bits per heavy atom. The largest absolute Gasteiger partial charge is 0.318 e. The molecule has 0 aliphatic carbocycles. The van der Waals surface area contributed by atoms with Gasteiger partial charge in [-0.2, -0.15) is 4.31 Å². The lowest BCUT2D eigenvalue weighted by molar-refractivity contribution is 0.379. The molecule has 0 bridgehead atoms. The van der Waals surface area contributed by atoms with Crippen LogP contribution in [0.4, 0.5) is 0 Å². The molecular weight excluding hydrogens is 387 g/mol. The smallest absolute Gasteiger partial charge is 0.244 e. The first-order valence-corrected chi connectivity index (χ1v) is 8.69. The van der Waals surface area contributed by atoms with E-state index >= 15 is 0 Å². The van der Waals surface area contributed by atoms with Crippen LogP contribution in [0.1, 0.15) is 12.8 Å². The SMILES string of the molecule is CNCC1CCCN1S(=O)(=O)c1cc(Br)ccc1Cl.Cl. The molecule has 0 aromatic heterocycles. The first-order valence-electron chi connectivity index (χ1n) is 6.08. The van der Waals surface area contributed by atoms with Gasteiger partial charge in [-0.3, -0.25) is 0 Å². The molecule has 8 heteroatoms. The van der Waals surface area contributed by atoms with Crippen LogP contribution in [0, 0.1) is 0 Å². The summed E-state index contributed by atoms with van der Waals surface area (Å²) in [5.74, 6) is 0. The van der Waals surface area contributed by atoms with Crippen molar-refractivity contribution in [3.05, 3.63) is 27.7 Å². The van der Waals surface area contributed by atoms with E-state index in [1.165, 1.54) is 0 Å². The third kappa shape index (κ3) is 3.67. The summed E-state index contributed by atoms with van der Waals surface area (Å²) in [5.41, 5.74) is 0. The van der Waals surface area contributed by atoms with Crippen LogP contribution in [0.3, 0.4) is 0 Å². The number of rotatable bonds is 4. The summed E-state index contributed by atoms with van der Waals surface area (Å²) in [6, 6.07) is 4.90. The third-order valence-electron chi connectivity index (χ3n) is 3.24. The summed E-state index contributed by atoms with van der Waals surface area (Å²) < 4.78 is 27.6. The molecule has 1 unspecified atom stereocenters. The molecule has 0 spiro atoms. The highest BCUT2D eigenvalue weighted by Crippen LogP contribution is 2.31. The zero-order chi connectivity index (χ0) is 14.0. The highest BCUT2D eigenvalue weighted by atomic mass is 79.9. The van der Waals surface area contributed by atoms with E-state index in [0.717, 1.165) is 12.8 Å². The molecule has 1 aromatic rings. The van der Waals surface area contributed by atoms with E-state index in [0.29, 0.717) is 17.6 Å². The number of hydrogen-bond donors (Lipinski definition) is 1. The first-order chi connectivity index (χ1) is 8.96. The molecule has 1 aromatic carbocycles. The normalized spacial score (nSPS) is 19.9. The van der Waals surface area contributed by atoms with Crippen LogP contribution in [-0.2, 0) is 10.0 Å². The Morgan fingerprint density at radius 2 is 2.20 bits per heavy atom. The van der Waals surface area contributed by atoms with E-state index in [2.05, 4.69) is 21.2 Å². The number of nitrogens with zero attached hydrogens (tertiary/aromatic N) is 1. The van der Waals surface area contributed by atoms with Gasteiger partial charge in [0.2, 0.25) is 10.0 Å². The van der Waals surface area contributed by atoms with E-state index in [1.807, 2.05) is 7.05 Å². The quantitative estimate of drug-likeness (QED) is 0.840. The summed E-state index contributed by atoms with van der Waals surface area (Å²) in [7, 11) is -1.70. The Bertz CT molecular complexity index is 569. The van der Waals surface area contributed by atoms with Crippen LogP contribution < -0.4 is 5.32 Å². The van der Waals surface area contributed by atoms with Gasteiger partial charge in [-0.25, -0.2) is 8.42 Å². The van der Waals surface area contributed by atoms with Crippen molar-refractivity contribution in [2.45, 2.75) is 23.8 Å². The minimum atomic E-state index is -3.53. The topological polar surface area (TPSA) is 49.4 Å². The fraction of sp³-hybridized carbons (Fsp3) is 0.500. The molecule has 0 amide bonds. The maximum atomic E-state index is 12.7. The molecular formula is C12H17BrCl2N2O2S. The Morgan fingerprint density at radius 1 is 1.50 bits per heavy atom. The molecule has 2 rings (SSSR count). The lowest BCUT2D eigenvalue weighted by atomic mass is 10.2. The molecule has 1 aliphatic heterocycles. The maximum absolute atomic E-state index is 12.7. The minimum Gasteiger partial charge on any atom is -0.318 e. The predicted molar refractivity (Wildman–Crippen MR) is 87.2 cm³/mol. The molecule has 0 saturated carbocycles. The fourth-order valence-corrected chi connectivity index (χ4v) is 5.07. The number of halogens is 3. The van der Waals surface area contributed by atoms with E-state index in [1.54, 1.807) is 22.5 Å². The molecule has 1 heterocycles. The van der Waals surface area contributed by atoms with Gasteiger partial charge in [-0.1, -0.05) is 27.5 Å². The van der Waals surface area contributed by atoms with E-state index in [4.69, 9.17) is 11.6 Å². The molecule has 4 nitrogen and oxygen atoms in total. The lowest BCUT2D eigenvalue weighted by Crippen LogP contribution is -2.40. The monoisotopic (exact) mass is 402 g/mol. The number of hydrogen-bond acceptors (Lipinski definition) is 3. The first kappa shape index (κ1) is 18.2. The Kier molecular flexibility index (Phi) is 6.76. The number of likely N-dealkylation sites (N-methyl/N-ethyl adjacent to an activating group) is 1. The minimum absolute atomic E-state index is 0. The summed E-state index contributed by atoms with van der Waals surface area (Å²) in [4.78, 5) is 0.173. The van der Waals surface area contributed by atoms with Gasteiger partial charge in [0.15, 0.2) is 0 Å². The van der Waals surface area contributed by atoms with Crippen molar-refractivity contribution in [3.8, 4) is 0 Å². The van der Waals surface area contributed by atoms with Gasteiger partial charge in [0, 0.05) is 23.6 Å². The number of sulfonamides is 1. The van der Waals surface area contributed by atoms with E-state index < -0.39 is 10.0 Å². The molecule has 1 atom stereocenters. The zero-order valence-electron chi connectivity index (χ0n) is 11.0. The molecule has 1 N–H and O–H groups in total.